The molecule has 0 atom stereocenters. The van der Waals surface area contributed by atoms with Gasteiger partial charge in [-0.1, -0.05) is 133 Å². The first-order chi connectivity index (χ1) is 24.8. The minimum atomic E-state index is 0.632. The lowest BCUT2D eigenvalue weighted by atomic mass is 10.0. The topological polar surface area (TPSA) is 43.6 Å². The van der Waals surface area contributed by atoms with E-state index in [1.807, 2.05) is 35.6 Å². The maximum absolute atomic E-state index is 5.30. The van der Waals surface area contributed by atoms with Gasteiger partial charge >= 0.3 is 0 Å². The van der Waals surface area contributed by atoms with Crippen LogP contribution in [0.4, 0.5) is 0 Å². The van der Waals surface area contributed by atoms with Gasteiger partial charge in [0, 0.05) is 47.6 Å². The number of rotatable bonds is 5. The van der Waals surface area contributed by atoms with Gasteiger partial charge in [0.1, 0.15) is 0 Å². The Labute approximate surface area is 292 Å². The molecule has 4 nitrogen and oxygen atoms in total. The molecule has 10 rings (SSSR count). The molecule has 7 aromatic carbocycles. The van der Waals surface area contributed by atoms with Gasteiger partial charge in [-0.3, -0.25) is 0 Å². The van der Waals surface area contributed by atoms with Crippen molar-refractivity contribution >= 4 is 53.3 Å². The average Bonchev–Trinajstić information content (AvgIpc) is 3.74. The fourth-order valence-electron chi connectivity index (χ4n) is 7.19. The van der Waals surface area contributed by atoms with Crippen LogP contribution in [0.25, 0.3) is 93.0 Å². The van der Waals surface area contributed by atoms with E-state index in [0.29, 0.717) is 17.5 Å². The molecule has 0 radical (unpaired) electrons. The second kappa shape index (κ2) is 11.6. The van der Waals surface area contributed by atoms with Crippen LogP contribution in [0, 0.1) is 0 Å². The van der Waals surface area contributed by atoms with Crippen molar-refractivity contribution in [2.24, 2.45) is 0 Å². The van der Waals surface area contributed by atoms with Crippen molar-refractivity contribution in [2.45, 2.75) is 0 Å². The van der Waals surface area contributed by atoms with Crippen LogP contribution >= 0.6 is 11.3 Å². The van der Waals surface area contributed by atoms with Crippen molar-refractivity contribution in [2.75, 3.05) is 0 Å². The molecule has 0 saturated heterocycles. The van der Waals surface area contributed by atoms with Crippen LogP contribution in [-0.4, -0.2) is 19.5 Å². The van der Waals surface area contributed by atoms with Gasteiger partial charge in [0.25, 0.3) is 0 Å². The van der Waals surface area contributed by atoms with Crippen molar-refractivity contribution in [3.8, 4) is 51.0 Å². The molecule has 10 aromatic rings. The highest BCUT2D eigenvalue weighted by molar-refractivity contribution is 7.25. The summed E-state index contributed by atoms with van der Waals surface area (Å²) >= 11 is 1.82. The molecule has 0 N–H and O–H groups in total. The van der Waals surface area contributed by atoms with Gasteiger partial charge < -0.3 is 4.57 Å². The predicted octanol–water partition coefficient (Wildman–Crippen LogP) is 12.0. The Morgan fingerprint density at radius 2 is 0.920 bits per heavy atom. The van der Waals surface area contributed by atoms with Crippen molar-refractivity contribution in [3.63, 3.8) is 0 Å². The van der Waals surface area contributed by atoms with Crippen LogP contribution in [0.1, 0.15) is 0 Å². The molecule has 3 heterocycles. The summed E-state index contributed by atoms with van der Waals surface area (Å²) in [6.45, 7) is 0. The second-order valence-corrected chi connectivity index (χ2v) is 13.5. The minimum Gasteiger partial charge on any atom is -0.308 e. The summed E-state index contributed by atoms with van der Waals surface area (Å²) in [6.07, 6.45) is 0. The third-order valence-electron chi connectivity index (χ3n) is 9.46. The fourth-order valence-corrected chi connectivity index (χ4v) is 8.29. The van der Waals surface area contributed by atoms with Crippen LogP contribution in [0.2, 0.25) is 0 Å². The maximum Gasteiger partial charge on any atom is 0.166 e. The molecule has 0 fully saturated rings. The molecule has 3 aromatic heterocycles. The Kier molecular flexibility index (Phi) is 6.64. The summed E-state index contributed by atoms with van der Waals surface area (Å²) in [5.74, 6) is 1.90. The summed E-state index contributed by atoms with van der Waals surface area (Å²) in [5, 5.41) is 4.84. The van der Waals surface area contributed by atoms with Gasteiger partial charge in [0.15, 0.2) is 17.5 Å². The molecule has 0 amide bonds. The van der Waals surface area contributed by atoms with E-state index in [-0.39, 0.29) is 0 Å². The number of para-hydroxylation sites is 2. The second-order valence-electron chi connectivity index (χ2n) is 12.4. The third kappa shape index (κ3) is 4.63. The highest BCUT2D eigenvalue weighted by atomic mass is 32.1. The van der Waals surface area contributed by atoms with Gasteiger partial charge in [-0.15, -0.1) is 11.3 Å². The van der Waals surface area contributed by atoms with Crippen molar-refractivity contribution < 1.29 is 0 Å². The van der Waals surface area contributed by atoms with Crippen LogP contribution < -0.4 is 0 Å². The Bertz CT molecular complexity index is 2820. The average molecular weight is 657 g/mol. The Morgan fingerprint density at radius 1 is 0.380 bits per heavy atom. The fraction of sp³-hybridized carbons (Fsp3) is 0. The first-order valence-electron chi connectivity index (χ1n) is 16.7. The molecule has 0 spiro atoms. The van der Waals surface area contributed by atoms with Crippen molar-refractivity contribution in [3.05, 3.63) is 170 Å². The highest BCUT2D eigenvalue weighted by Crippen LogP contribution is 2.45. The van der Waals surface area contributed by atoms with Gasteiger partial charge in [-0.2, -0.15) is 0 Å². The number of benzene rings is 7. The van der Waals surface area contributed by atoms with E-state index >= 15 is 0 Å². The first kappa shape index (κ1) is 28.6. The van der Waals surface area contributed by atoms with E-state index in [0.717, 1.165) is 44.5 Å². The van der Waals surface area contributed by atoms with Crippen LogP contribution in [0.5, 0.6) is 0 Å². The molecule has 50 heavy (non-hydrogen) atoms. The molecule has 0 bridgehead atoms. The summed E-state index contributed by atoms with van der Waals surface area (Å²) in [7, 11) is 0. The van der Waals surface area contributed by atoms with Gasteiger partial charge in [-0.05, 0) is 47.5 Å². The standard InChI is InChI=1S/C45H28N4S/c1-3-14-29(15-4-1)31-18-13-19-32(28-31)44-46-43(30-16-5-2-6-17-30)47-45(48-44)36-26-27-40-41(35-22-9-12-25-39(35)50-40)42(36)49-37-23-10-7-20-33(37)34-21-8-11-24-38(34)49/h1-28H. The van der Waals surface area contributed by atoms with E-state index in [2.05, 4.69) is 150 Å². The molecule has 234 valence electrons. The lowest BCUT2D eigenvalue weighted by Crippen LogP contribution is -2.04. The van der Waals surface area contributed by atoms with Gasteiger partial charge in [0.2, 0.25) is 0 Å². The SMILES string of the molecule is c1ccc(-c2cccc(-c3nc(-c4ccccc4)nc(-c4ccc5sc6ccccc6c5c4-n4c5ccccc5c5ccccc54)n3)c2)cc1. The monoisotopic (exact) mass is 656 g/mol. The Morgan fingerprint density at radius 3 is 1.64 bits per heavy atom. The number of nitrogens with zero attached hydrogens (tertiary/aromatic N) is 4. The molecule has 0 unspecified atom stereocenters. The smallest absolute Gasteiger partial charge is 0.166 e. The van der Waals surface area contributed by atoms with E-state index in [1.165, 1.54) is 30.9 Å². The number of hydrogen-bond donors (Lipinski definition) is 0. The zero-order valence-electron chi connectivity index (χ0n) is 26.9. The van der Waals surface area contributed by atoms with Crippen molar-refractivity contribution in [1.29, 1.82) is 0 Å². The highest BCUT2D eigenvalue weighted by Gasteiger charge is 2.23. The van der Waals surface area contributed by atoms with Gasteiger partial charge in [0.05, 0.1) is 16.7 Å². The molecule has 0 aliphatic rings. The van der Waals surface area contributed by atoms with Crippen LogP contribution in [-0.2, 0) is 0 Å². The summed E-state index contributed by atoms with van der Waals surface area (Å²) in [4.78, 5) is 15.7. The lowest BCUT2D eigenvalue weighted by Gasteiger charge is -2.16. The van der Waals surface area contributed by atoms with E-state index < -0.39 is 0 Å². The Balaban J connectivity index is 1.31. The molecule has 0 aliphatic heterocycles. The molecule has 5 heteroatoms. The van der Waals surface area contributed by atoms with Crippen LogP contribution in [0.3, 0.4) is 0 Å². The number of hydrogen-bond acceptors (Lipinski definition) is 4. The molecule has 0 aliphatic carbocycles. The summed E-state index contributed by atoms with van der Waals surface area (Å²) in [5.41, 5.74) is 8.46. The number of thiophene rings is 1. The maximum atomic E-state index is 5.30. The normalized spacial score (nSPS) is 11.6. The number of aromatic nitrogens is 4. The van der Waals surface area contributed by atoms with E-state index in [4.69, 9.17) is 15.0 Å². The van der Waals surface area contributed by atoms with E-state index in [9.17, 15) is 0 Å². The van der Waals surface area contributed by atoms with Crippen LogP contribution in [0.15, 0.2) is 170 Å². The number of fused-ring (bicyclic) bond motifs is 6. The zero-order valence-corrected chi connectivity index (χ0v) is 27.7. The minimum absolute atomic E-state index is 0.632. The molecular formula is C45H28N4S. The summed E-state index contributed by atoms with van der Waals surface area (Å²) < 4.78 is 4.89. The molecular weight excluding hydrogens is 629 g/mol. The van der Waals surface area contributed by atoms with Gasteiger partial charge in [-0.25, -0.2) is 15.0 Å². The lowest BCUT2D eigenvalue weighted by molar-refractivity contribution is 1.07. The quantitative estimate of drug-likeness (QED) is 0.185. The molecule has 0 saturated carbocycles. The zero-order chi connectivity index (χ0) is 33.0. The summed E-state index contributed by atoms with van der Waals surface area (Å²) in [6, 6.07) is 59.6. The predicted molar refractivity (Wildman–Crippen MR) is 209 cm³/mol. The van der Waals surface area contributed by atoms with E-state index in [1.54, 1.807) is 0 Å². The third-order valence-corrected chi connectivity index (χ3v) is 10.6. The largest absolute Gasteiger partial charge is 0.308 e. The first-order valence-corrected chi connectivity index (χ1v) is 17.5. The Hall–Kier alpha value is -6.43. The van der Waals surface area contributed by atoms with Crippen molar-refractivity contribution in [1.82, 2.24) is 19.5 Å².